The molecule has 1 aromatic rings. The highest BCUT2D eigenvalue weighted by Gasteiger charge is 1.99. The molecule has 66 valence electrons. The summed E-state index contributed by atoms with van der Waals surface area (Å²) in [7, 11) is 3.17. The van der Waals surface area contributed by atoms with E-state index >= 15 is 0 Å². The number of rotatable bonds is 4. The molecule has 0 aromatic carbocycles. The maximum atomic E-state index is 4.84. The SMILES string of the molecule is COSc1ccnc(SOC)n1. The first-order valence-corrected chi connectivity index (χ1v) is 4.59. The van der Waals surface area contributed by atoms with Crippen LogP contribution in [-0.2, 0) is 8.37 Å². The van der Waals surface area contributed by atoms with E-state index in [4.69, 9.17) is 8.37 Å². The smallest absolute Gasteiger partial charge is 0.216 e. The minimum atomic E-state index is 0.583. The fourth-order valence-corrected chi connectivity index (χ4v) is 1.43. The number of hydrogen-bond acceptors (Lipinski definition) is 6. The molecule has 0 atom stereocenters. The first-order chi connectivity index (χ1) is 5.86. The van der Waals surface area contributed by atoms with Gasteiger partial charge in [-0.2, -0.15) is 0 Å². The van der Waals surface area contributed by atoms with Crippen molar-refractivity contribution in [1.29, 1.82) is 0 Å². The lowest BCUT2D eigenvalue weighted by Gasteiger charge is -1.98. The van der Waals surface area contributed by atoms with Gasteiger partial charge in [0.05, 0.1) is 26.3 Å². The van der Waals surface area contributed by atoms with Crippen LogP contribution in [0.5, 0.6) is 0 Å². The predicted molar refractivity (Wildman–Crippen MR) is 47.8 cm³/mol. The summed E-state index contributed by atoms with van der Waals surface area (Å²) in [5, 5.41) is 1.35. The van der Waals surface area contributed by atoms with Gasteiger partial charge in [-0.15, -0.1) is 0 Å². The molecule has 0 unspecified atom stereocenters. The lowest BCUT2D eigenvalue weighted by Crippen LogP contribution is -1.87. The zero-order valence-electron chi connectivity index (χ0n) is 6.68. The molecule has 0 saturated carbocycles. The van der Waals surface area contributed by atoms with E-state index in [1.54, 1.807) is 26.5 Å². The molecule has 0 N–H and O–H groups in total. The van der Waals surface area contributed by atoms with Crippen LogP contribution in [0.25, 0.3) is 0 Å². The molecule has 0 fully saturated rings. The van der Waals surface area contributed by atoms with E-state index in [1.807, 2.05) is 0 Å². The van der Waals surface area contributed by atoms with E-state index in [9.17, 15) is 0 Å². The van der Waals surface area contributed by atoms with Crippen LogP contribution in [0.15, 0.2) is 22.4 Å². The lowest BCUT2D eigenvalue weighted by atomic mass is 10.7. The average Bonchev–Trinajstić information content (AvgIpc) is 2.06. The summed E-state index contributed by atoms with van der Waals surface area (Å²) in [5.41, 5.74) is 0. The molecule has 1 aromatic heterocycles. The van der Waals surface area contributed by atoms with Crippen molar-refractivity contribution in [3.05, 3.63) is 12.3 Å². The van der Waals surface area contributed by atoms with Gasteiger partial charge in [0.2, 0.25) is 5.16 Å². The molecule has 1 heterocycles. The van der Waals surface area contributed by atoms with E-state index in [-0.39, 0.29) is 0 Å². The third-order valence-electron chi connectivity index (χ3n) is 0.935. The normalized spacial score (nSPS) is 10.2. The molecule has 1 rings (SSSR count). The Morgan fingerprint density at radius 2 is 2.00 bits per heavy atom. The molecule has 12 heavy (non-hydrogen) atoms. The second-order valence-corrected chi connectivity index (χ2v) is 3.46. The topological polar surface area (TPSA) is 44.2 Å². The average molecular weight is 204 g/mol. The molecule has 0 spiro atoms. The van der Waals surface area contributed by atoms with Crippen LogP contribution >= 0.6 is 24.1 Å². The van der Waals surface area contributed by atoms with Crippen LogP contribution in [0.4, 0.5) is 0 Å². The molecule has 4 nitrogen and oxygen atoms in total. The first-order valence-electron chi connectivity index (χ1n) is 3.11. The lowest BCUT2D eigenvalue weighted by molar-refractivity contribution is 0.482. The van der Waals surface area contributed by atoms with Gasteiger partial charge in [0.15, 0.2) is 0 Å². The molecule has 0 aliphatic heterocycles. The van der Waals surface area contributed by atoms with Crippen molar-refractivity contribution >= 4 is 24.1 Å². The molecule has 6 heteroatoms. The third kappa shape index (κ3) is 2.98. The minimum Gasteiger partial charge on any atom is -0.312 e. The highest BCUT2D eigenvalue weighted by atomic mass is 32.2. The van der Waals surface area contributed by atoms with Gasteiger partial charge < -0.3 is 8.37 Å². The van der Waals surface area contributed by atoms with Crippen LogP contribution in [0.1, 0.15) is 0 Å². The monoisotopic (exact) mass is 204 g/mol. The van der Waals surface area contributed by atoms with Crippen molar-refractivity contribution in [3.63, 3.8) is 0 Å². The Bertz CT molecular complexity index is 225. The van der Waals surface area contributed by atoms with Gasteiger partial charge in [0, 0.05) is 18.2 Å². The highest BCUT2D eigenvalue weighted by molar-refractivity contribution is 7.95. The Morgan fingerprint density at radius 1 is 1.25 bits per heavy atom. The van der Waals surface area contributed by atoms with Crippen LogP contribution in [0.3, 0.4) is 0 Å². The zero-order chi connectivity index (χ0) is 8.81. The second kappa shape index (κ2) is 5.36. The third-order valence-corrected chi connectivity index (χ3v) is 2.01. The van der Waals surface area contributed by atoms with Gasteiger partial charge in [-0.05, 0) is 6.07 Å². The van der Waals surface area contributed by atoms with Gasteiger partial charge >= 0.3 is 0 Å². The summed E-state index contributed by atoms with van der Waals surface area (Å²) >= 11 is 2.32. The highest BCUT2D eigenvalue weighted by Crippen LogP contribution is 2.18. The summed E-state index contributed by atoms with van der Waals surface area (Å²) in [6.07, 6.45) is 1.66. The van der Waals surface area contributed by atoms with Gasteiger partial charge in [0.1, 0.15) is 5.03 Å². The van der Waals surface area contributed by atoms with Crippen molar-refractivity contribution in [2.45, 2.75) is 10.2 Å². The Balaban J connectivity index is 2.67. The summed E-state index contributed by atoms with van der Waals surface area (Å²) < 4.78 is 9.64. The minimum absolute atomic E-state index is 0.583. The van der Waals surface area contributed by atoms with Crippen molar-refractivity contribution in [2.75, 3.05) is 14.2 Å². The molecule has 0 bridgehead atoms. The van der Waals surface area contributed by atoms with E-state index in [1.165, 1.54) is 12.0 Å². The molecule has 0 amide bonds. The Morgan fingerprint density at radius 3 is 2.67 bits per heavy atom. The molecular weight excluding hydrogens is 196 g/mol. The van der Waals surface area contributed by atoms with Gasteiger partial charge in [-0.3, -0.25) is 0 Å². The predicted octanol–water partition coefficient (Wildman–Crippen LogP) is 1.78. The maximum absolute atomic E-state index is 4.84. The summed E-state index contributed by atoms with van der Waals surface area (Å²) in [6, 6.07) is 1.77. The number of hydrogen-bond donors (Lipinski definition) is 0. The fourth-order valence-electron chi connectivity index (χ4n) is 0.572. The molecule has 0 aliphatic carbocycles. The van der Waals surface area contributed by atoms with Crippen molar-refractivity contribution < 1.29 is 8.37 Å². The first kappa shape index (κ1) is 9.79. The maximum Gasteiger partial charge on any atom is 0.216 e. The van der Waals surface area contributed by atoms with E-state index in [0.29, 0.717) is 5.16 Å². The van der Waals surface area contributed by atoms with Gasteiger partial charge in [-0.1, -0.05) is 0 Å². The molecule has 0 saturated heterocycles. The Hall–Kier alpha value is -0.300. The van der Waals surface area contributed by atoms with Crippen LogP contribution < -0.4 is 0 Å². The van der Waals surface area contributed by atoms with Gasteiger partial charge in [-0.25, -0.2) is 9.97 Å². The van der Waals surface area contributed by atoms with Crippen molar-refractivity contribution in [2.24, 2.45) is 0 Å². The number of nitrogens with zero attached hydrogens (tertiary/aromatic N) is 2. The zero-order valence-corrected chi connectivity index (χ0v) is 8.32. The van der Waals surface area contributed by atoms with Crippen molar-refractivity contribution in [3.8, 4) is 0 Å². The standard InChI is InChI=1S/C6H8N2O2S2/c1-9-11-5-3-4-7-6(8-5)12-10-2/h3-4H,1-2H3. The van der Waals surface area contributed by atoms with Crippen molar-refractivity contribution in [1.82, 2.24) is 9.97 Å². The Labute approximate surface area is 79.5 Å². The Kier molecular flexibility index (Phi) is 4.37. The second-order valence-electron chi connectivity index (χ2n) is 1.68. The van der Waals surface area contributed by atoms with E-state index < -0.39 is 0 Å². The van der Waals surface area contributed by atoms with Crippen LogP contribution in [0.2, 0.25) is 0 Å². The summed E-state index contributed by atoms with van der Waals surface area (Å²) in [6.45, 7) is 0. The molecular formula is C6H8N2O2S2. The summed E-state index contributed by atoms with van der Waals surface area (Å²) in [4.78, 5) is 8.09. The van der Waals surface area contributed by atoms with E-state index in [0.717, 1.165) is 17.1 Å². The van der Waals surface area contributed by atoms with E-state index in [2.05, 4.69) is 9.97 Å². The largest absolute Gasteiger partial charge is 0.312 e. The molecule has 0 radical (unpaired) electrons. The summed E-state index contributed by atoms with van der Waals surface area (Å²) in [5.74, 6) is 0. The van der Waals surface area contributed by atoms with Crippen LogP contribution in [0, 0.1) is 0 Å². The van der Waals surface area contributed by atoms with Gasteiger partial charge in [0.25, 0.3) is 0 Å². The number of aromatic nitrogens is 2. The fraction of sp³-hybridized carbons (Fsp3) is 0.333. The van der Waals surface area contributed by atoms with Crippen LogP contribution in [-0.4, -0.2) is 24.2 Å². The quantitative estimate of drug-likeness (QED) is 0.423. The molecule has 0 aliphatic rings.